The predicted molar refractivity (Wildman–Crippen MR) is 68.1 cm³/mol. The summed E-state index contributed by atoms with van der Waals surface area (Å²) in [7, 11) is 1.61. The first-order valence-electron chi connectivity index (χ1n) is 5.94. The third kappa shape index (κ3) is 1.77. The van der Waals surface area contributed by atoms with E-state index >= 15 is 0 Å². The van der Waals surface area contributed by atoms with Crippen molar-refractivity contribution in [1.29, 1.82) is 0 Å². The number of hydrogen-bond donors (Lipinski definition) is 1. The van der Waals surface area contributed by atoms with Crippen LogP contribution >= 0.6 is 0 Å². The van der Waals surface area contributed by atoms with Gasteiger partial charge in [0.2, 0.25) is 0 Å². The first kappa shape index (κ1) is 11.2. The van der Waals surface area contributed by atoms with Crippen LogP contribution in [0.5, 0.6) is 5.75 Å². The van der Waals surface area contributed by atoms with E-state index in [1.807, 2.05) is 12.1 Å². The van der Waals surface area contributed by atoms with E-state index < -0.39 is 0 Å². The SMILES string of the molecule is COc1ccc(F)cc1C1NCc2ccccc21. The molecule has 0 aliphatic carbocycles. The number of hydrogen-bond acceptors (Lipinski definition) is 2. The molecular formula is C15H14FNO. The number of ether oxygens (including phenoxy) is 1. The first-order chi connectivity index (χ1) is 8.79. The van der Waals surface area contributed by atoms with Crippen LogP contribution < -0.4 is 10.1 Å². The van der Waals surface area contributed by atoms with E-state index in [2.05, 4.69) is 17.4 Å². The zero-order chi connectivity index (χ0) is 12.5. The Morgan fingerprint density at radius 3 is 2.83 bits per heavy atom. The molecule has 0 saturated carbocycles. The monoisotopic (exact) mass is 243 g/mol. The van der Waals surface area contributed by atoms with Gasteiger partial charge in [-0.05, 0) is 29.3 Å². The van der Waals surface area contributed by atoms with Crippen molar-refractivity contribution in [3.05, 3.63) is 65.0 Å². The van der Waals surface area contributed by atoms with Gasteiger partial charge in [-0.3, -0.25) is 0 Å². The van der Waals surface area contributed by atoms with Crippen LogP contribution in [-0.4, -0.2) is 7.11 Å². The largest absolute Gasteiger partial charge is 0.496 e. The first-order valence-corrected chi connectivity index (χ1v) is 5.94. The summed E-state index contributed by atoms with van der Waals surface area (Å²) in [5, 5.41) is 3.39. The zero-order valence-electron chi connectivity index (χ0n) is 10.1. The van der Waals surface area contributed by atoms with Crippen LogP contribution in [0.4, 0.5) is 4.39 Å². The van der Waals surface area contributed by atoms with Gasteiger partial charge in [0, 0.05) is 12.1 Å². The number of nitrogens with one attached hydrogen (secondary N) is 1. The van der Waals surface area contributed by atoms with Crippen molar-refractivity contribution in [2.24, 2.45) is 0 Å². The molecule has 0 saturated heterocycles. The van der Waals surface area contributed by atoms with E-state index in [-0.39, 0.29) is 11.9 Å². The lowest BCUT2D eigenvalue weighted by atomic mass is 9.98. The highest BCUT2D eigenvalue weighted by atomic mass is 19.1. The second-order valence-electron chi connectivity index (χ2n) is 4.40. The summed E-state index contributed by atoms with van der Waals surface area (Å²) >= 11 is 0. The summed E-state index contributed by atoms with van der Waals surface area (Å²) in [5.41, 5.74) is 3.30. The minimum absolute atomic E-state index is 0.00634. The Labute approximate surface area is 105 Å². The second-order valence-corrected chi connectivity index (χ2v) is 4.40. The quantitative estimate of drug-likeness (QED) is 0.875. The maximum absolute atomic E-state index is 13.4. The fraction of sp³-hybridized carbons (Fsp3) is 0.200. The number of methoxy groups -OCH3 is 1. The van der Waals surface area contributed by atoms with Crippen molar-refractivity contribution in [3.63, 3.8) is 0 Å². The highest BCUT2D eigenvalue weighted by Gasteiger charge is 2.25. The minimum atomic E-state index is -0.239. The van der Waals surface area contributed by atoms with Crippen LogP contribution in [0.1, 0.15) is 22.7 Å². The number of fused-ring (bicyclic) bond motifs is 1. The van der Waals surface area contributed by atoms with Crippen molar-refractivity contribution in [2.75, 3.05) is 7.11 Å². The van der Waals surface area contributed by atoms with Crippen molar-refractivity contribution in [3.8, 4) is 5.75 Å². The number of rotatable bonds is 2. The molecule has 0 radical (unpaired) electrons. The molecule has 1 aliphatic rings. The lowest BCUT2D eigenvalue weighted by molar-refractivity contribution is 0.404. The van der Waals surface area contributed by atoms with Gasteiger partial charge in [0.05, 0.1) is 13.2 Å². The molecule has 0 fully saturated rings. The maximum Gasteiger partial charge on any atom is 0.124 e. The van der Waals surface area contributed by atoms with Gasteiger partial charge in [-0.2, -0.15) is 0 Å². The van der Waals surface area contributed by atoms with E-state index in [1.54, 1.807) is 19.2 Å². The molecule has 1 N–H and O–H groups in total. The van der Waals surface area contributed by atoms with Crippen LogP contribution in [0.2, 0.25) is 0 Å². The number of halogens is 1. The van der Waals surface area contributed by atoms with Gasteiger partial charge >= 0.3 is 0 Å². The Balaban J connectivity index is 2.09. The molecule has 3 heteroatoms. The molecule has 0 amide bonds. The average Bonchev–Trinajstić information content (AvgIpc) is 2.82. The zero-order valence-corrected chi connectivity index (χ0v) is 10.1. The highest BCUT2D eigenvalue weighted by Crippen LogP contribution is 2.35. The van der Waals surface area contributed by atoms with E-state index in [0.29, 0.717) is 5.75 Å². The Morgan fingerprint density at radius 1 is 1.17 bits per heavy atom. The van der Waals surface area contributed by atoms with Crippen molar-refractivity contribution >= 4 is 0 Å². The summed E-state index contributed by atoms with van der Waals surface area (Å²) in [6.07, 6.45) is 0. The van der Waals surface area contributed by atoms with Gasteiger partial charge in [-0.1, -0.05) is 24.3 Å². The van der Waals surface area contributed by atoms with Gasteiger partial charge in [0.1, 0.15) is 11.6 Å². The summed E-state index contributed by atoms with van der Waals surface area (Å²) in [5.74, 6) is 0.475. The second kappa shape index (κ2) is 4.42. The predicted octanol–water partition coefficient (Wildman–Crippen LogP) is 3.03. The van der Waals surface area contributed by atoms with Crippen molar-refractivity contribution in [2.45, 2.75) is 12.6 Å². The smallest absolute Gasteiger partial charge is 0.124 e. The normalized spacial score (nSPS) is 17.6. The fourth-order valence-electron chi connectivity index (χ4n) is 2.51. The molecule has 2 aromatic carbocycles. The van der Waals surface area contributed by atoms with Gasteiger partial charge < -0.3 is 10.1 Å². The minimum Gasteiger partial charge on any atom is -0.496 e. The number of benzene rings is 2. The van der Waals surface area contributed by atoms with Gasteiger partial charge in [-0.15, -0.1) is 0 Å². The Morgan fingerprint density at radius 2 is 2.00 bits per heavy atom. The molecule has 2 aromatic rings. The summed E-state index contributed by atoms with van der Waals surface area (Å²) < 4.78 is 18.8. The van der Waals surface area contributed by atoms with Gasteiger partial charge in [0.25, 0.3) is 0 Å². The molecule has 18 heavy (non-hydrogen) atoms. The van der Waals surface area contributed by atoms with Crippen LogP contribution in [-0.2, 0) is 6.54 Å². The van der Waals surface area contributed by atoms with Crippen LogP contribution in [0.3, 0.4) is 0 Å². The van der Waals surface area contributed by atoms with Crippen molar-refractivity contribution in [1.82, 2.24) is 5.32 Å². The molecule has 0 bridgehead atoms. The standard InChI is InChI=1S/C15H14FNO/c1-18-14-7-6-11(16)8-13(14)15-12-5-3-2-4-10(12)9-17-15/h2-8,15,17H,9H2,1H3. The molecule has 1 atom stereocenters. The Hall–Kier alpha value is -1.87. The van der Waals surface area contributed by atoms with E-state index in [4.69, 9.17) is 4.74 Å². The van der Waals surface area contributed by atoms with Crippen molar-refractivity contribution < 1.29 is 9.13 Å². The van der Waals surface area contributed by atoms with E-state index in [0.717, 1.165) is 12.1 Å². The topological polar surface area (TPSA) is 21.3 Å². The third-order valence-corrected chi connectivity index (χ3v) is 3.37. The Bertz CT molecular complexity index is 582. The molecule has 1 unspecified atom stereocenters. The fourth-order valence-corrected chi connectivity index (χ4v) is 2.51. The lowest BCUT2D eigenvalue weighted by Gasteiger charge is -2.16. The lowest BCUT2D eigenvalue weighted by Crippen LogP contribution is -2.14. The van der Waals surface area contributed by atoms with Gasteiger partial charge in [-0.25, -0.2) is 4.39 Å². The van der Waals surface area contributed by atoms with E-state index in [1.165, 1.54) is 17.2 Å². The highest BCUT2D eigenvalue weighted by molar-refractivity contribution is 5.46. The molecule has 92 valence electrons. The van der Waals surface area contributed by atoms with Gasteiger partial charge in [0.15, 0.2) is 0 Å². The Kier molecular flexibility index (Phi) is 2.76. The molecule has 2 nitrogen and oxygen atoms in total. The summed E-state index contributed by atoms with van der Waals surface area (Å²) in [4.78, 5) is 0. The molecule has 1 heterocycles. The van der Waals surface area contributed by atoms with Crippen LogP contribution in [0, 0.1) is 5.82 Å². The van der Waals surface area contributed by atoms with Crippen LogP contribution in [0.25, 0.3) is 0 Å². The molecule has 1 aliphatic heterocycles. The maximum atomic E-state index is 13.4. The van der Waals surface area contributed by atoms with E-state index in [9.17, 15) is 4.39 Å². The molecule has 0 spiro atoms. The summed E-state index contributed by atoms with van der Waals surface area (Å²) in [6, 6.07) is 12.8. The molecule has 0 aromatic heterocycles. The third-order valence-electron chi connectivity index (χ3n) is 3.37. The summed E-state index contributed by atoms with van der Waals surface area (Å²) in [6.45, 7) is 0.806. The molecular weight excluding hydrogens is 229 g/mol. The molecule has 3 rings (SSSR count). The van der Waals surface area contributed by atoms with Crippen LogP contribution in [0.15, 0.2) is 42.5 Å². The average molecular weight is 243 g/mol.